The van der Waals surface area contributed by atoms with Crippen LogP contribution in [0.4, 0.5) is 5.69 Å². The quantitative estimate of drug-likeness (QED) is 0.704. The van der Waals surface area contributed by atoms with E-state index >= 15 is 0 Å². The molecule has 1 heterocycles. The van der Waals surface area contributed by atoms with Gasteiger partial charge < -0.3 is 5.73 Å². The van der Waals surface area contributed by atoms with E-state index in [-0.39, 0.29) is 0 Å². The molecular formula is C14H8ClN3S2. The van der Waals surface area contributed by atoms with Crippen LogP contribution < -0.4 is 5.73 Å². The first-order valence-corrected chi connectivity index (χ1v) is 7.70. The number of nitrogens with zero attached hydrogens (tertiary/aromatic N) is 2. The Morgan fingerprint density at radius 3 is 2.85 bits per heavy atom. The summed E-state index contributed by atoms with van der Waals surface area (Å²) in [5.41, 5.74) is 7.91. The number of halogens is 1. The van der Waals surface area contributed by atoms with Gasteiger partial charge in [0.2, 0.25) is 0 Å². The fraction of sp³-hybridized carbons (Fsp3) is 0. The second kappa shape index (κ2) is 5.33. The van der Waals surface area contributed by atoms with E-state index < -0.39 is 0 Å². The van der Waals surface area contributed by atoms with Crippen molar-refractivity contribution in [2.24, 2.45) is 0 Å². The van der Waals surface area contributed by atoms with Gasteiger partial charge in [0.25, 0.3) is 0 Å². The van der Waals surface area contributed by atoms with E-state index in [9.17, 15) is 0 Å². The van der Waals surface area contributed by atoms with Gasteiger partial charge in [0, 0.05) is 10.6 Å². The minimum Gasteiger partial charge on any atom is -0.399 e. The highest BCUT2D eigenvalue weighted by Crippen LogP contribution is 2.36. The summed E-state index contributed by atoms with van der Waals surface area (Å²) in [6, 6.07) is 13.1. The maximum absolute atomic E-state index is 8.86. The first-order chi connectivity index (χ1) is 9.65. The topological polar surface area (TPSA) is 62.7 Å². The molecule has 0 amide bonds. The predicted octanol–water partition coefficient (Wildman–Crippen LogP) is 4.55. The number of thiazole rings is 1. The van der Waals surface area contributed by atoms with Gasteiger partial charge in [-0.25, -0.2) is 4.98 Å². The van der Waals surface area contributed by atoms with Crippen LogP contribution in [0.5, 0.6) is 0 Å². The molecule has 2 N–H and O–H groups in total. The third-order valence-electron chi connectivity index (χ3n) is 2.66. The zero-order valence-electron chi connectivity index (χ0n) is 10.1. The van der Waals surface area contributed by atoms with Crippen molar-refractivity contribution in [3.63, 3.8) is 0 Å². The summed E-state index contributed by atoms with van der Waals surface area (Å²) >= 11 is 9.14. The molecule has 0 fully saturated rings. The molecule has 20 heavy (non-hydrogen) atoms. The van der Waals surface area contributed by atoms with Crippen molar-refractivity contribution in [3.05, 3.63) is 47.0 Å². The molecule has 3 nitrogen and oxygen atoms in total. The van der Waals surface area contributed by atoms with Crippen LogP contribution in [0.25, 0.3) is 10.2 Å². The van der Waals surface area contributed by atoms with Gasteiger partial charge in [0.1, 0.15) is 6.07 Å². The van der Waals surface area contributed by atoms with E-state index in [1.807, 2.05) is 30.3 Å². The molecule has 3 rings (SSSR count). The lowest BCUT2D eigenvalue weighted by molar-refractivity contribution is 1.29. The van der Waals surface area contributed by atoms with Gasteiger partial charge in [-0.15, -0.1) is 11.3 Å². The number of nitriles is 1. The average molecular weight is 318 g/mol. The maximum Gasteiger partial charge on any atom is 0.155 e. The Morgan fingerprint density at radius 1 is 1.25 bits per heavy atom. The monoisotopic (exact) mass is 317 g/mol. The third kappa shape index (κ3) is 2.59. The van der Waals surface area contributed by atoms with E-state index in [1.165, 1.54) is 11.8 Å². The molecule has 0 atom stereocenters. The van der Waals surface area contributed by atoms with Crippen LogP contribution >= 0.6 is 34.7 Å². The molecule has 0 aliphatic rings. The smallest absolute Gasteiger partial charge is 0.155 e. The molecule has 0 aliphatic carbocycles. The Bertz CT molecular complexity index is 836. The van der Waals surface area contributed by atoms with Gasteiger partial charge in [-0.1, -0.05) is 23.4 Å². The Morgan fingerprint density at radius 2 is 2.10 bits per heavy atom. The lowest BCUT2D eigenvalue weighted by Gasteiger charge is -1.99. The summed E-state index contributed by atoms with van der Waals surface area (Å²) in [5.74, 6) is 0. The zero-order chi connectivity index (χ0) is 14.1. The van der Waals surface area contributed by atoms with E-state index in [1.54, 1.807) is 23.5 Å². The highest BCUT2D eigenvalue weighted by molar-refractivity contribution is 8.01. The van der Waals surface area contributed by atoms with E-state index in [0.29, 0.717) is 10.6 Å². The first-order valence-electron chi connectivity index (χ1n) is 5.69. The van der Waals surface area contributed by atoms with Crippen LogP contribution in [0.3, 0.4) is 0 Å². The molecule has 0 aliphatic heterocycles. The molecule has 0 spiro atoms. The van der Waals surface area contributed by atoms with Crippen molar-refractivity contribution in [2.75, 3.05) is 5.73 Å². The van der Waals surface area contributed by atoms with Crippen LogP contribution in [0.1, 0.15) is 5.56 Å². The van der Waals surface area contributed by atoms with E-state index in [0.717, 1.165) is 25.1 Å². The number of aromatic nitrogens is 1. The number of benzene rings is 2. The molecule has 0 saturated carbocycles. The normalized spacial score (nSPS) is 10.6. The molecule has 2 aromatic carbocycles. The van der Waals surface area contributed by atoms with Gasteiger partial charge in [-0.05, 0) is 36.4 Å². The van der Waals surface area contributed by atoms with Crippen LogP contribution in [0.15, 0.2) is 45.6 Å². The molecule has 0 radical (unpaired) electrons. The van der Waals surface area contributed by atoms with E-state index in [4.69, 9.17) is 22.6 Å². The van der Waals surface area contributed by atoms with Crippen molar-refractivity contribution in [1.82, 2.24) is 4.98 Å². The number of nitrogens with two attached hydrogens (primary N) is 1. The fourth-order valence-corrected chi connectivity index (χ4v) is 4.13. The number of hydrogen-bond donors (Lipinski definition) is 1. The maximum atomic E-state index is 8.86. The number of fused-ring (bicyclic) bond motifs is 1. The number of hydrogen-bond acceptors (Lipinski definition) is 5. The molecular weight excluding hydrogens is 310 g/mol. The SMILES string of the molecule is N#Cc1ccc(Sc2nc3ccc(N)cc3s2)cc1Cl. The predicted molar refractivity (Wildman–Crippen MR) is 84.3 cm³/mol. The Kier molecular flexibility index (Phi) is 3.53. The number of anilines is 1. The summed E-state index contributed by atoms with van der Waals surface area (Å²) in [6.45, 7) is 0. The lowest BCUT2D eigenvalue weighted by atomic mass is 10.2. The highest BCUT2D eigenvalue weighted by atomic mass is 35.5. The molecule has 0 unspecified atom stereocenters. The van der Waals surface area contributed by atoms with E-state index in [2.05, 4.69) is 4.98 Å². The molecule has 3 aromatic rings. The fourth-order valence-electron chi connectivity index (χ4n) is 1.71. The first kappa shape index (κ1) is 13.3. The van der Waals surface area contributed by atoms with Gasteiger partial charge >= 0.3 is 0 Å². The third-order valence-corrected chi connectivity index (χ3v) is 5.04. The Balaban J connectivity index is 1.93. The number of nitrogen functional groups attached to an aromatic ring is 1. The van der Waals surface area contributed by atoms with Crippen molar-refractivity contribution >= 4 is 50.6 Å². The molecule has 6 heteroatoms. The van der Waals surface area contributed by atoms with Crippen LogP contribution in [0.2, 0.25) is 5.02 Å². The Hall–Kier alpha value is -1.74. The van der Waals surface area contributed by atoms with Crippen molar-refractivity contribution in [1.29, 1.82) is 5.26 Å². The van der Waals surface area contributed by atoms with Crippen LogP contribution in [-0.4, -0.2) is 4.98 Å². The van der Waals surface area contributed by atoms with Gasteiger partial charge in [0.05, 0.1) is 20.8 Å². The minimum atomic E-state index is 0.461. The largest absolute Gasteiger partial charge is 0.399 e. The summed E-state index contributed by atoms with van der Waals surface area (Å²) in [4.78, 5) is 5.50. The van der Waals surface area contributed by atoms with Crippen molar-refractivity contribution in [2.45, 2.75) is 9.24 Å². The Labute approximate surface area is 129 Å². The molecule has 1 aromatic heterocycles. The van der Waals surface area contributed by atoms with Gasteiger partial charge in [-0.3, -0.25) is 0 Å². The van der Waals surface area contributed by atoms with Crippen LogP contribution in [-0.2, 0) is 0 Å². The average Bonchev–Trinajstić information content (AvgIpc) is 2.80. The molecule has 0 bridgehead atoms. The van der Waals surface area contributed by atoms with Crippen molar-refractivity contribution < 1.29 is 0 Å². The molecule has 98 valence electrons. The summed E-state index contributed by atoms with van der Waals surface area (Å²) in [6.07, 6.45) is 0. The molecule has 0 saturated heterocycles. The summed E-state index contributed by atoms with van der Waals surface area (Å²) in [7, 11) is 0. The standard InChI is InChI=1S/C14H8ClN3S2/c15-11-6-10(3-1-8(11)7-16)19-14-18-12-4-2-9(17)5-13(12)20-14/h1-6H,17H2. The van der Waals surface area contributed by atoms with Crippen LogP contribution in [0, 0.1) is 11.3 Å². The summed E-state index contributed by atoms with van der Waals surface area (Å²) < 4.78 is 1.98. The second-order valence-corrected chi connectivity index (χ2v) is 6.82. The van der Waals surface area contributed by atoms with Crippen molar-refractivity contribution in [3.8, 4) is 6.07 Å². The minimum absolute atomic E-state index is 0.461. The second-order valence-electron chi connectivity index (χ2n) is 4.06. The highest BCUT2D eigenvalue weighted by Gasteiger charge is 2.08. The van der Waals surface area contributed by atoms with Gasteiger partial charge in [-0.2, -0.15) is 5.26 Å². The number of rotatable bonds is 2. The lowest BCUT2D eigenvalue weighted by Crippen LogP contribution is -1.81. The zero-order valence-corrected chi connectivity index (χ0v) is 12.5. The summed E-state index contributed by atoms with van der Waals surface area (Å²) in [5, 5.41) is 9.32. The van der Waals surface area contributed by atoms with Gasteiger partial charge in [0.15, 0.2) is 4.34 Å².